The smallest absolute Gasteiger partial charge is 0.218 e. The Balaban J connectivity index is 1.58. The molecule has 0 aromatic carbocycles. The minimum absolute atomic E-state index is 0.393. The van der Waals surface area contributed by atoms with E-state index >= 15 is 0 Å². The molecule has 1 aliphatic heterocycles. The Hall–Kier alpha value is -2.12. The van der Waals surface area contributed by atoms with Crippen molar-refractivity contribution in [3.63, 3.8) is 0 Å². The first kappa shape index (κ1) is 18.7. The molecule has 1 aliphatic rings. The Morgan fingerprint density at radius 1 is 1.31 bits per heavy atom. The van der Waals surface area contributed by atoms with Crippen LogP contribution in [0.4, 0.5) is 0 Å². The summed E-state index contributed by atoms with van der Waals surface area (Å²) < 4.78 is 5.31. The largest absolute Gasteiger partial charge is 0.481 e. The first-order valence-electron chi connectivity index (χ1n) is 9.01. The van der Waals surface area contributed by atoms with E-state index in [1.165, 1.54) is 30.8 Å². The van der Waals surface area contributed by atoms with Crippen LogP contribution in [-0.2, 0) is 6.54 Å². The Labute approximate surface area is 159 Å². The fraction of sp³-hybridized carbons (Fsp3) is 0.474. The van der Waals surface area contributed by atoms with Gasteiger partial charge in [0.1, 0.15) is 0 Å². The summed E-state index contributed by atoms with van der Waals surface area (Å²) >= 11 is 1.83. The van der Waals surface area contributed by atoms with Crippen molar-refractivity contribution in [1.82, 2.24) is 20.5 Å². The minimum atomic E-state index is 0.393. The number of hydrogen-bond donors (Lipinski definition) is 2. The number of guanidine groups is 1. The van der Waals surface area contributed by atoms with E-state index in [0.717, 1.165) is 18.1 Å². The Bertz CT molecular complexity index is 698. The number of aromatic nitrogens is 1. The summed E-state index contributed by atoms with van der Waals surface area (Å²) in [6.45, 7) is 3.79. The maximum atomic E-state index is 5.31. The number of ether oxygens (including phenoxy) is 1. The molecule has 1 fully saturated rings. The maximum absolute atomic E-state index is 5.31. The fourth-order valence-corrected chi connectivity index (χ4v) is 4.14. The second kappa shape index (κ2) is 9.54. The van der Waals surface area contributed by atoms with Crippen LogP contribution in [0.1, 0.15) is 29.3 Å². The van der Waals surface area contributed by atoms with E-state index in [1.807, 2.05) is 23.5 Å². The Kier molecular flexibility index (Phi) is 6.85. The Morgan fingerprint density at radius 2 is 2.15 bits per heavy atom. The zero-order chi connectivity index (χ0) is 18.2. The van der Waals surface area contributed by atoms with Crippen LogP contribution in [0.5, 0.6) is 5.88 Å². The molecule has 3 rings (SSSR count). The standard InChI is InChI=1S/C19H27N5OS/c1-20-19(22-13-15-7-5-9-21-18(15)25-2)23-14-16(17-8-6-12-26-17)24-10-3-4-11-24/h5-9,12,16H,3-4,10-11,13-14H2,1-2H3,(H2,20,22,23). The van der Waals surface area contributed by atoms with Crippen LogP contribution in [0.25, 0.3) is 0 Å². The summed E-state index contributed by atoms with van der Waals surface area (Å²) in [6, 6.07) is 8.67. The summed E-state index contributed by atoms with van der Waals surface area (Å²) in [6.07, 6.45) is 4.31. The first-order valence-corrected chi connectivity index (χ1v) is 9.89. The maximum Gasteiger partial charge on any atom is 0.218 e. The molecular weight excluding hydrogens is 346 g/mol. The van der Waals surface area contributed by atoms with Crippen LogP contribution in [0.15, 0.2) is 40.8 Å². The zero-order valence-corrected chi connectivity index (χ0v) is 16.3. The highest BCUT2D eigenvalue weighted by Gasteiger charge is 2.24. The minimum Gasteiger partial charge on any atom is -0.481 e. The highest BCUT2D eigenvalue weighted by Crippen LogP contribution is 2.27. The quantitative estimate of drug-likeness (QED) is 0.577. The van der Waals surface area contributed by atoms with E-state index in [9.17, 15) is 0 Å². The lowest BCUT2D eigenvalue weighted by atomic mass is 10.2. The van der Waals surface area contributed by atoms with E-state index in [4.69, 9.17) is 4.74 Å². The first-order chi connectivity index (χ1) is 12.8. The highest BCUT2D eigenvalue weighted by atomic mass is 32.1. The SMILES string of the molecule is CN=C(NCc1cccnc1OC)NCC(c1cccs1)N1CCCC1. The van der Waals surface area contributed by atoms with Gasteiger partial charge in [0, 0.05) is 36.8 Å². The molecule has 2 aromatic heterocycles. The highest BCUT2D eigenvalue weighted by molar-refractivity contribution is 7.10. The van der Waals surface area contributed by atoms with Crippen molar-refractivity contribution in [2.75, 3.05) is 33.8 Å². The molecule has 26 heavy (non-hydrogen) atoms. The van der Waals surface area contributed by atoms with Gasteiger partial charge in [-0.15, -0.1) is 11.3 Å². The van der Waals surface area contributed by atoms with E-state index in [-0.39, 0.29) is 0 Å². The molecule has 1 saturated heterocycles. The molecular formula is C19H27N5OS. The van der Waals surface area contributed by atoms with Crippen LogP contribution in [0.3, 0.4) is 0 Å². The number of likely N-dealkylation sites (tertiary alicyclic amines) is 1. The van der Waals surface area contributed by atoms with Crippen molar-refractivity contribution in [3.05, 3.63) is 46.3 Å². The molecule has 0 spiro atoms. The van der Waals surface area contributed by atoms with E-state index in [0.29, 0.717) is 18.5 Å². The summed E-state index contributed by atoms with van der Waals surface area (Å²) in [7, 11) is 3.44. The van der Waals surface area contributed by atoms with Crippen LogP contribution in [0.2, 0.25) is 0 Å². The number of nitrogens with one attached hydrogen (secondary N) is 2. The molecule has 0 saturated carbocycles. The summed E-state index contributed by atoms with van der Waals surface area (Å²) in [5, 5.41) is 8.99. The van der Waals surface area contributed by atoms with Gasteiger partial charge in [-0.2, -0.15) is 0 Å². The third kappa shape index (κ3) is 4.74. The third-order valence-electron chi connectivity index (χ3n) is 4.63. The number of nitrogens with zero attached hydrogens (tertiary/aromatic N) is 3. The van der Waals surface area contributed by atoms with Crippen LogP contribution in [-0.4, -0.2) is 49.6 Å². The number of aliphatic imine (C=N–C) groups is 1. The fourth-order valence-electron chi connectivity index (χ4n) is 3.28. The number of thiophene rings is 1. The zero-order valence-electron chi connectivity index (χ0n) is 15.4. The van der Waals surface area contributed by atoms with Gasteiger partial charge in [0.15, 0.2) is 5.96 Å². The normalized spacial score (nSPS) is 16.5. The van der Waals surface area contributed by atoms with Gasteiger partial charge in [0.05, 0.1) is 13.2 Å². The molecule has 2 aromatic rings. The average Bonchev–Trinajstić information content (AvgIpc) is 3.39. The van der Waals surface area contributed by atoms with Gasteiger partial charge in [0.2, 0.25) is 5.88 Å². The van der Waals surface area contributed by atoms with Crippen molar-refractivity contribution in [2.24, 2.45) is 4.99 Å². The number of rotatable bonds is 7. The van der Waals surface area contributed by atoms with Gasteiger partial charge in [-0.05, 0) is 43.4 Å². The molecule has 0 radical (unpaired) electrons. The molecule has 0 amide bonds. The van der Waals surface area contributed by atoms with Crippen LogP contribution in [0, 0.1) is 0 Å². The molecule has 140 valence electrons. The molecule has 3 heterocycles. The van der Waals surface area contributed by atoms with Gasteiger partial charge in [-0.3, -0.25) is 9.89 Å². The lowest BCUT2D eigenvalue weighted by molar-refractivity contribution is 0.249. The molecule has 7 heteroatoms. The molecule has 2 N–H and O–H groups in total. The average molecular weight is 374 g/mol. The predicted molar refractivity (Wildman–Crippen MR) is 107 cm³/mol. The topological polar surface area (TPSA) is 61.8 Å². The van der Waals surface area contributed by atoms with Gasteiger partial charge >= 0.3 is 0 Å². The third-order valence-corrected chi connectivity index (χ3v) is 5.60. The second-order valence-electron chi connectivity index (χ2n) is 6.25. The van der Waals surface area contributed by atoms with Crippen LogP contribution >= 0.6 is 11.3 Å². The molecule has 1 atom stereocenters. The van der Waals surface area contributed by atoms with Gasteiger partial charge in [-0.1, -0.05) is 12.1 Å². The number of hydrogen-bond acceptors (Lipinski definition) is 5. The summed E-state index contributed by atoms with van der Waals surface area (Å²) in [5.41, 5.74) is 1.01. The van der Waals surface area contributed by atoms with E-state index in [1.54, 1.807) is 20.4 Å². The van der Waals surface area contributed by atoms with E-state index < -0.39 is 0 Å². The van der Waals surface area contributed by atoms with Gasteiger partial charge in [-0.25, -0.2) is 4.98 Å². The monoisotopic (exact) mass is 373 g/mol. The predicted octanol–water partition coefficient (Wildman–Crippen LogP) is 2.65. The summed E-state index contributed by atoms with van der Waals surface area (Å²) in [5.74, 6) is 1.43. The lowest BCUT2D eigenvalue weighted by Gasteiger charge is -2.27. The summed E-state index contributed by atoms with van der Waals surface area (Å²) in [4.78, 5) is 12.6. The molecule has 1 unspecified atom stereocenters. The number of methoxy groups -OCH3 is 1. The lowest BCUT2D eigenvalue weighted by Crippen LogP contribution is -2.42. The van der Waals surface area contributed by atoms with Crippen LogP contribution < -0.4 is 15.4 Å². The molecule has 0 aliphatic carbocycles. The Morgan fingerprint density at radius 3 is 2.85 bits per heavy atom. The van der Waals surface area contributed by atoms with E-state index in [2.05, 4.69) is 43.0 Å². The number of pyridine rings is 1. The van der Waals surface area contributed by atoms with Crippen molar-refractivity contribution in [1.29, 1.82) is 0 Å². The van der Waals surface area contributed by atoms with Crippen molar-refractivity contribution in [3.8, 4) is 5.88 Å². The molecule has 6 nitrogen and oxygen atoms in total. The van der Waals surface area contributed by atoms with Crippen molar-refractivity contribution < 1.29 is 4.74 Å². The second-order valence-corrected chi connectivity index (χ2v) is 7.23. The van der Waals surface area contributed by atoms with Gasteiger partial charge in [0.25, 0.3) is 0 Å². The van der Waals surface area contributed by atoms with Crippen molar-refractivity contribution in [2.45, 2.75) is 25.4 Å². The van der Waals surface area contributed by atoms with Gasteiger partial charge < -0.3 is 15.4 Å². The molecule has 0 bridgehead atoms. The van der Waals surface area contributed by atoms with Crippen molar-refractivity contribution >= 4 is 17.3 Å².